The van der Waals surface area contributed by atoms with Gasteiger partial charge in [0, 0.05) is 12.6 Å². The number of hydrogen-bond acceptors (Lipinski definition) is 2. The molecule has 1 saturated carbocycles. The third kappa shape index (κ3) is 4.98. The molecule has 2 atom stereocenters. The molecular formula is C13H27NO. The van der Waals surface area contributed by atoms with E-state index in [1.54, 1.807) is 0 Å². The van der Waals surface area contributed by atoms with Crippen LogP contribution in [0.3, 0.4) is 0 Å². The Morgan fingerprint density at radius 2 is 2.00 bits per heavy atom. The van der Waals surface area contributed by atoms with Crippen molar-refractivity contribution in [2.45, 2.75) is 58.9 Å². The molecule has 0 heterocycles. The Kier molecular flexibility index (Phi) is 5.07. The molecule has 0 radical (unpaired) electrons. The molecule has 0 bridgehead atoms. The molecule has 2 N–H and O–H groups in total. The van der Waals surface area contributed by atoms with Crippen LogP contribution in [0.1, 0.15) is 52.9 Å². The zero-order valence-electron chi connectivity index (χ0n) is 10.6. The molecule has 2 nitrogen and oxygen atoms in total. The summed E-state index contributed by atoms with van der Waals surface area (Å²) in [4.78, 5) is 0. The van der Waals surface area contributed by atoms with E-state index in [9.17, 15) is 0 Å². The van der Waals surface area contributed by atoms with Gasteiger partial charge in [-0.2, -0.15) is 0 Å². The van der Waals surface area contributed by atoms with Gasteiger partial charge in [-0.25, -0.2) is 0 Å². The fourth-order valence-corrected chi connectivity index (χ4v) is 2.45. The number of hydrogen-bond donors (Lipinski definition) is 2. The Bertz CT molecular complexity index is 174. The monoisotopic (exact) mass is 213 g/mol. The smallest absolute Gasteiger partial charge is 0.0434 e. The van der Waals surface area contributed by atoms with Crippen molar-refractivity contribution in [2.24, 2.45) is 11.3 Å². The molecule has 0 aromatic carbocycles. The summed E-state index contributed by atoms with van der Waals surface area (Å²) in [5, 5.41) is 12.6. The number of aliphatic hydroxyl groups excluding tert-OH is 1. The second kappa shape index (κ2) is 5.86. The van der Waals surface area contributed by atoms with Gasteiger partial charge in [0.05, 0.1) is 0 Å². The molecule has 1 rings (SSSR count). The SMILES string of the molecule is CC(C)(C)CCN[C@H]1CCC[C@@H]1CCO. The van der Waals surface area contributed by atoms with Gasteiger partial charge >= 0.3 is 0 Å². The van der Waals surface area contributed by atoms with E-state index in [-0.39, 0.29) is 0 Å². The maximum absolute atomic E-state index is 8.97. The maximum atomic E-state index is 8.97. The van der Waals surface area contributed by atoms with E-state index in [2.05, 4.69) is 26.1 Å². The Morgan fingerprint density at radius 3 is 2.60 bits per heavy atom. The first kappa shape index (κ1) is 13.0. The van der Waals surface area contributed by atoms with E-state index in [0.29, 0.717) is 18.1 Å². The van der Waals surface area contributed by atoms with Crippen molar-refractivity contribution in [3.8, 4) is 0 Å². The molecule has 1 fully saturated rings. The molecule has 0 amide bonds. The quantitative estimate of drug-likeness (QED) is 0.735. The molecular weight excluding hydrogens is 186 g/mol. The first-order valence-electron chi connectivity index (χ1n) is 6.37. The fourth-order valence-electron chi connectivity index (χ4n) is 2.45. The Balaban J connectivity index is 2.20. The van der Waals surface area contributed by atoms with E-state index >= 15 is 0 Å². The summed E-state index contributed by atoms with van der Waals surface area (Å²) in [7, 11) is 0. The molecule has 0 saturated heterocycles. The van der Waals surface area contributed by atoms with Crippen LogP contribution in [0.5, 0.6) is 0 Å². The number of rotatable bonds is 5. The molecule has 0 spiro atoms. The van der Waals surface area contributed by atoms with Crippen molar-refractivity contribution in [3.05, 3.63) is 0 Å². The van der Waals surface area contributed by atoms with Gasteiger partial charge in [-0.3, -0.25) is 0 Å². The van der Waals surface area contributed by atoms with Gasteiger partial charge in [0.15, 0.2) is 0 Å². The number of aliphatic hydroxyl groups is 1. The Labute approximate surface area is 94.5 Å². The molecule has 90 valence electrons. The van der Waals surface area contributed by atoms with Crippen LogP contribution in [0.15, 0.2) is 0 Å². The minimum absolute atomic E-state index is 0.349. The highest BCUT2D eigenvalue weighted by atomic mass is 16.3. The lowest BCUT2D eigenvalue weighted by molar-refractivity contribution is 0.238. The van der Waals surface area contributed by atoms with E-state index < -0.39 is 0 Å². The van der Waals surface area contributed by atoms with Crippen LogP contribution < -0.4 is 5.32 Å². The summed E-state index contributed by atoms with van der Waals surface area (Å²) in [6.07, 6.45) is 6.14. The average Bonchev–Trinajstić information content (AvgIpc) is 2.51. The summed E-state index contributed by atoms with van der Waals surface area (Å²) in [6.45, 7) is 8.33. The van der Waals surface area contributed by atoms with E-state index in [4.69, 9.17) is 5.11 Å². The fraction of sp³-hybridized carbons (Fsp3) is 1.00. The highest BCUT2D eigenvalue weighted by Crippen LogP contribution is 2.28. The molecule has 1 aliphatic rings. The summed E-state index contributed by atoms with van der Waals surface area (Å²) < 4.78 is 0. The lowest BCUT2D eigenvalue weighted by Gasteiger charge is -2.23. The lowest BCUT2D eigenvalue weighted by atomic mass is 9.92. The van der Waals surface area contributed by atoms with Crippen LogP contribution in [-0.4, -0.2) is 24.3 Å². The van der Waals surface area contributed by atoms with E-state index in [1.165, 1.54) is 25.7 Å². The van der Waals surface area contributed by atoms with Crippen LogP contribution in [0.4, 0.5) is 0 Å². The van der Waals surface area contributed by atoms with Gasteiger partial charge < -0.3 is 10.4 Å². The van der Waals surface area contributed by atoms with Gasteiger partial charge in [-0.15, -0.1) is 0 Å². The zero-order valence-corrected chi connectivity index (χ0v) is 10.6. The van der Waals surface area contributed by atoms with Crippen molar-refractivity contribution in [1.29, 1.82) is 0 Å². The van der Waals surface area contributed by atoms with Crippen LogP contribution in [0.2, 0.25) is 0 Å². The molecule has 0 aliphatic heterocycles. The third-order valence-corrected chi connectivity index (χ3v) is 3.44. The predicted molar refractivity (Wildman–Crippen MR) is 64.9 cm³/mol. The second-order valence-corrected chi connectivity index (χ2v) is 6.07. The van der Waals surface area contributed by atoms with Gasteiger partial charge in [0.25, 0.3) is 0 Å². The minimum atomic E-state index is 0.349. The maximum Gasteiger partial charge on any atom is 0.0434 e. The average molecular weight is 213 g/mol. The normalized spacial score (nSPS) is 27.2. The molecule has 2 heteroatoms. The summed E-state index contributed by atoms with van der Waals surface area (Å²) in [6, 6.07) is 0.666. The predicted octanol–water partition coefficient (Wildman–Crippen LogP) is 2.56. The summed E-state index contributed by atoms with van der Waals surface area (Å²) in [5.41, 5.74) is 0.429. The van der Waals surface area contributed by atoms with Crippen molar-refractivity contribution in [1.82, 2.24) is 5.32 Å². The third-order valence-electron chi connectivity index (χ3n) is 3.44. The highest BCUT2D eigenvalue weighted by Gasteiger charge is 2.26. The van der Waals surface area contributed by atoms with E-state index in [1.807, 2.05) is 0 Å². The Hall–Kier alpha value is -0.0800. The van der Waals surface area contributed by atoms with Gasteiger partial charge in [-0.1, -0.05) is 27.2 Å². The summed E-state index contributed by atoms with van der Waals surface area (Å²) in [5.74, 6) is 0.718. The minimum Gasteiger partial charge on any atom is -0.396 e. The van der Waals surface area contributed by atoms with E-state index in [0.717, 1.165) is 18.9 Å². The molecule has 0 aromatic rings. The van der Waals surface area contributed by atoms with Crippen molar-refractivity contribution < 1.29 is 5.11 Å². The first-order valence-corrected chi connectivity index (χ1v) is 6.37. The Morgan fingerprint density at radius 1 is 1.27 bits per heavy atom. The van der Waals surface area contributed by atoms with Crippen LogP contribution in [0.25, 0.3) is 0 Å². The topological polar surface area (TPSA) is 32.3 Å². The van der Waals surface area contributed by atoms with Crippen LogP contribution in [0, 0.1) is 11.3 Å². The zero-order chi connectivity index (χ0) is 11.3. The van der Waals surface area contributed by atoms with Crippen molar-refractivity contribution in [3.63, 3.8) is 0 Å². The van der Waals surface area contributed by atoms with Crippen LogP contribution >= 0.6 is 0 Å². The first-order chi connectivity index (χ1) is 7.03. The molecule has 1 aliphatic carbocycles. The van der Waals surface area contributed by atoms with Gasteiger partial charge in [0.1, 0.15) is 0 Å². The standard InChI is InChI=1S/C13H27NO/c1-13(2,3)8-9-14-12-6-4-5-11(12)7-10-15/h11-12,14-15H,4-10H2,1-3H3/t11-,12+/m1/s1. The molecule has 0 unspecified atom stereocenters. The largest absolute Gasteiger partial charge is 0.396 e. The number of nitrogens with one attached hydrogen (secondary N) is 1. The van der Waals surface area contributed by atoms with Crippen LogP contribution in [-0.2, 0) is 0 Å². The lowest BCUT2D eigenvalue weighted by Crippen LogP contribution is -2.34. The second-order valence-electron chi connectivity index (χ2n) is 6.07. The highest BCUT2D eigenvalue weighted by molar-refractivity contribution is 4.83. The van der Waals surface area contributed by atoms with Crippen molar-refractivity contribution >= 4 is 0 Å². The summed E-state index contributed by atoms with van der Waals surface area (Å²) >= 11 is 0. The van der Waals surface area contributed by atoms with Gasteiger partial charge in [-0.05, 0) is 43.6 Å². The van der Waals surface area contributed by atoms with Crippen molar-refractivity contribution in [2.75, 3.05) is 13.2 Å². The molecule has 0 aromatic heterocycles. The van der Waals surface area contributed by atoms with Gasteiger partial charge in [0.2, 0.25) is 0 Å². The molecule has 15 heavy (non-hydrogen) atoms.